The first-order valence-electron chi connectivity index (χ1n) is 6.44. The van der Waals surface area contributed by atoms with Crippen molar-refractivity contribution < 1.29 is 17.2 Å². The van der Waals surface area contributed by atoms with Crippen LogP contribution in [-0.2, 0) is 9.84 Å². The standard InChI is InChI=1S/C13H16ClF2NO2S/c14-9-5-1-2-6-10(9)17-11-7-3-4-8-12(11)20(18,19)13(15)16/h3-4,7-10,13,17H,1-2,5-6H2. The molecule has 2 rings (SSSR count). The highest BCUT2D eigenvalue weighted by atomic mass is 35.5. The van der Waals surface area contributed by atoms with Crippen LogP contribution in [0.4, 0.5) is 14.5 Å². The lowest BCUT2D eigenvalue weighted by molar-refractivity contribution is 0.235. The van der Waals surface area contributed by atoms with Gasteiger partial charge in [-0.1, -0.05) is 25.0 Å². The molecule has 20 heavy (non-hydrogen) atoms. The molecule has 0 aromatic heterocycles. The number of hydrogen-bond donors (Lipinski definition) is 1. The van der Waals surface area contributed by atoms with Crippen LogP contribution < -0.4 is 5.32 Å². The normalized spacial score (nSPS) is 23.8. The minimum absolute atomic E-state index is 0.0977. The SMILES string of the molecule is O=S(=O)(c1ccccc1NC1CCCCC1Cl)C(F)F. The maximum atomic E-state index is 12.7. The van der Waals surface area contributed by atoms with Crippen molar-refractivity contribution in [3.05, 3.63) is 24.3 Å². The summed E-state index contributed by atoms with van der Waals surface area (Å²) in [6.45, 7) is 0. The van der Waals surface area contributed by atoms with Crippen LogP contribution in [0.1, 0.15) is 25.7 Å². The number of hydrogen-bond acceptors (Lipinski definition) is 3. The first-order valence-corrected chi connectivity index (χ1v) is 8.43. The molecule has 0 radical (unpaired) electrons. The molecule has 2 unspecified atom stereocenters. The number of halogens is 3. The van der Waals surface area contributed by atoms with Gasteiger partial charge in [-0.25, -0.2) is 8.42 Å². The second kappa shape index (κ2) is 6.26. The van der Waals surface area contributed by atoms with Gasteiger partial charge in [-0.2, -0.15) is 8.78 Å². The van der Waals surface area contributed by atoms with E-state index < -0.39 is 15.6 Å². The van der Waals surface area contributed by atoms with Crippen molar-refractivity contribution in [2.24, 2.45) is 0 Å². The average molecular weight is 324 g/mol. The largest absolute Gasteiger partial charge is 0.380 e. The molecule has 0 spiro atoms. The van der Waals surface area contributed by atoms with Gasteiger partial charge in [0, 0.05) is 6.04 Å². The highest BCUT2D eigenvalue weighted by molar-refractivity contribution is 7.91. The quantitative estimate of drug-likeness (QED) is 0.860. The average Bonchev–Trinajstić information content (AvgIpc) is 2.41. The minimum atomic E-state index is -4.61. The smallest absolute Gasteiger partial charge is 0.341 e. The molecule has 1 saturated carbocycles. The fraction of sp³-hybridized carbons (Fsp3) is 0.538. The first-order chi connectivity index (χ1) is 9.43. The van der Waals surface area contributed by atoms with E-state index in [2.05, 4.69) is 5.32 Å². The van der Waals surface area contributed by atoms with Crippen molar-refractivity contribution in [2.75, 3.05) is 5.32 Å². The van der Waals surface area contributed by atoms with E-state index in [0.29, 0.717) is 0 Å². The Bertz CT molecular complexity index is 565. The second-order valence-corrected chi connectivity index (χ2v) is 7.30. The molecule has 0 saturated heterocycles. The van der Waals surface area contributed by atoms with E-state index in [4.69, 9.17) is 11.6 Å². The lowest BCUT2D eigenvalue weighted by Gasteiger charge is -2.29. The number of rotatable bonds is 4. The van der Waals surface area contributed by atoms with Crippen molar-refractivity contribution in [3.63, 3.8) is 0 Å². The summed E-state index contributed by atoms with van der Waals surface area (Å²) in [5.74, 6) is -3.43. The zero-order valence-corrected chi connectivity index (χ0v) is 12.3. The summed E-state index contributed by atoms with van der Waals surface area (Å²) in [7, 11) is -4.61. The molecule has 0 aliphatic heterocycles. The predicted molar refractivity (Wildman–Crippen MR) is 75.2 cm³/mol. The third kappa shape index (κ3) is 3.23. The van der Waals surface area contributed by atoms with E-state index in [9.17, 15) is 17.2 Å². The lowest BCUT2D eigenvalue weighted by atomic mass is 9.95. The summed E-state index contributed by atoms with van der Waals surface area (Å²) in [6, 6.07) is 5.63. The van der Waals surface area contributed by atoms with Gasteiger partial charge in [0.25, 0.3) is 0 Å². The van der Waals surface area contributed by atoms with Gasteiger partial charge in [0.2, 0.25) is 9.84 Å². The Morgan fingerprint density at radius 3 is 2.50 bits per heavy atom. The summed E-state index contributed by atoms with van der Waals surface area (Å²) >= 11 is 6.20. The van der Waals surface area contributed by atoms with Gasteiger partial charge >= 0.3 is 5.76 Å². The van der Waals surface area contributed by atoms with Gasteiger partial charge in [-0.3, -0.25) is 0 Å². The molecular weight excluding hydrogens is 308 g/mol. The molecule has 112 valence electrons. The summed E-state index contributed by atoms with van der Waals surface area (Å²) in [5.41, 5.74) is 0.199. The molecule has 3 nitrogen and oxygen atoms in total. The van der Waals surface area contributed by atoms with Crippen molar-refractivity contribution in [2.45, 2.75) is 47.8 Å². The molecule has 1 fully saturated rings. The van der Waals surface area contributed by atoms with Crippen molar-refractivity contribution >= 4 is 27.1 Å². The van der Waals surface area contributed by atoms with E-state index in [1.54, 1.807) is 6.07 Å². The molecule has 0 heterocycles. The number of para-hydroxylation sites is 1. The molecular formula is C13H16ClF2NO2S. The molecule has 1 aliphatic rings. The van der Waals surface area contributed by atoms with Crippen LogP contribution in [0.15, 0.2) is 29.2 Å². The summed E-state index contributed by atoms with van der Waals surface area (Å²) in [4.78, 5) is -0.371. The Kier molecular flexibility index (Phi) is 4.86. The number of benzene rings is 1. The zero-order valence-electron chi connectivity index (χ0n) is 10.7. The Labute approximate surface area is 122 Å². The maximum absolute atomic E-state index is 12.7. The lowest BCUT2D eigenvalue weighted by Crippen LogP contribution is -2.33. The summed E-state index contributed by atoms with van der Waals surface area (Å²) in [5, 5.41) is 2.90. The molecule has 1 aromatic rings. The monoisotopic (exact) mass is 323 g/mol. The van der Waals surface area contributed by atoms with Gasteiger partial charge in [0.05, 0.1) is 16.0 Å². The van der Waals surface area contributed by atoms with Crippen LogP contribution in [0.3, 0.4) is 0 Å². The van der Waals surface area contributed by atoms with Gasteiger partial charge in [0.15, 0.2) is 0 Å². The summed E-state index contributed by atoms with van der Waals surface area (Å²) < 4.78 is 48.7. The fourth-order valence-electron chi connectivity index (χ4n) is 2.38. The van der Waals surface area contributed by atoms with Crippen LogP contribution in [0, 0.1) is 0 Å². The number of anilines is 1. The maximum Gasteiger partial charge on any atom is 0.341 e. The Balaban J connectivity index is 2.29. The van der Waals surface area contributed by atoms with Gasteiger partial charge in [-0.15, -0.1) is 11.6 Å². The number of sulfone groups is 1. The molecule has 2 atom stereocenters. The second-order valence-electron chi connectivity index (χ2n) is 4.85. The van der Waals surface area contributed by atoms with E-state index in [0.717, 1.165) is 25.7 Å². The van der Waals surface area contributed by atoms with Gasteiger partial charge in [0.1, 0.15) is 0 Å². The Morgan fingerprint density at radius 2 is 1.85 bits per heavy atom. The fourth-order valence-corrected chi connectivity index (χ4v) is 3.61. The van der Waals surface area contributed by atoms with Gasteiger partial charge in [-0.05, 0) is 25.0 Å². The third-order valence-electron chi connectivity index (χ3n) is 3.45. The van der Waals surface area contributed by atoms with E-state index >= 15 is 0 Å². The van der Waals surface area contributed by atoms with Crippen LogP contribution in [0.5, 0.6) is 0 Å². The van der Waals surface area contributed by atoms with Crippen LogP contribution >= 0.6 is 11.6 Å². The topological polar surface area (TPSA) is 46.2 Å². The van der Waals surface area contributed by atoms with Crippen molar-refractivity contribution in [1.29, 1.82) is 0 Å². The van der Waals surface area contributed by atoms with Crippen molar-refractivity contribution in [3.8, 4) is 0 Å². The van der Waals surface area contributed by atoms with Crippen LogP contribution in [0.25, 0.3) is 0 Å². The van der Waals surface area contributed by atoms with Crippen molar-refractivity contribution in [1.82, 2.24) is 0 Å². The summed E-state index contributed by atoms with van der Waals surface area (Å²) in [6.07, 6.45) is 3.66. The molecule has 0 amide bonds. The van der Waals surface area contributed by atoms with E-state index in [-0.39, 0.29) is 22.0 Å². The van der Waals surface area contributed by atoms with Crippen LogP contribution in [0.2, 0.25) is 0 Å². The Hall–Kier alpha value is -0.880. The molecule has 0 bridgehead atoms. The van der Waals surface area contributed by atoms with E-state index in [1.165, 1.54) is 18.2 Å². The zero-order chi connectivity index (χ0) is 14.8. The van der Waals surface area contributed by atoms with Crippen LogP contribution in [-0.4, -0.2) is 25.6 Å². The Morgan fingerprint density at radius 1 is 1.20 bits per heavy atom. The molecule has 7 heteroatoms. The molecule has 1 N–H and O–H groups in total. The van der Waals surface area contributed by atoms with Gasteiger partial charge < -0.3 is 5.32 Å². The predicted octanol–water partition coefficient (Wildman–Crippen LogP) is 3.64. The highest BCUT2D eigenvalue weighted by Gasteiger charge is 2.30. The molecule has 1 aromatic carbocycles. The molecule has 1 aliphatic carbocycles. The minimum Gasteiger partial charge on any atom is -0.380 e. The highest BCUT2D eigenvalue weighted by Crippen LogP contribution is 2.30. The van der Waals surface area contributed by atoms with E-state index in [1.807, 2.05) is 0 Å². The first kappa shape index (κ1) is 15.5. The third-order valence-corrected chi connectivity index (χ3v) is 5.41. The number of nitrogens with one attached hydrogen (secondary N) is 1. The number of alkyl halides is 3.